The Labute approximate surface area is 146 Å². The van der Waals surface area contributed by atoms with Crippen LogP contribution < -0.4 is 0 Å². The zero-order valence-electron chi connectivity index (χ0n) is 15.7. The quantitative estimate of drug-likeness (QED) is 0.367. The van der Waals surface area contributed by atoms with Gasteiger partial charge in [0, 0.05) is 0 Å². The summed E-state index contributed by atoms with van der Waals surface area (Å²) in [4.78, 5) is 0. The molecule has 130 valence electrons. The molecule has 0 aromatic carbocycles. The summed E-state index contributed by atoms with van der Waals surface area (Å²) in [6.07, 6.45) is 2.77. The van der Waals surface area contributed by atoms with E-state index in [2.05, 4.69) is 55.4 Å². The van der Waals surface area contributed by atoms with Crippen molar-refractivity contribution >= 4 is 23.2 Å². The molecule has 1 atom stereocenters. The molecular weight excluding hydrogens is 473 g/mol. The topological polar surface area (TPSA) is 36.9 Å². The summed E-state index contributed by atoms with van der Waals surface area (Å²) in [5.41, 5.74) is 0. The van der Waals surface area contributed by atoms with Gasteiger partial charge >= 0.3 is 146 Å². The van der Waals surface area contributed by atoms with E-state index in [9.17, 15) is 0 Å². The molecule has 0 aromatic rings. The van der Waals surface area contributed by atoms with Crippen LogP contribution in [0.15, 0.2) is 0 Å². The fourth-order valence-corrected chi connectivity index (χ4v) is 16.8. The molecule has 0 aliphatic carbocycles. The van der Waals surface area contributed by atoms with Gasteiger partial charge in [-0.3, -0.25) is 0 Å². The monoisotopic (exact) mass is 508 g/mol. The Morgan fingerprint density at radius 2 is 1.36 bits per heavy atom. The van der Waals surface area contributed by atoms with Gasteiger partial charge in [0.15, 0.2) is 0 Å². The van der Waals surface area contributed by atoms with E-state index in [0.717, 1.165) is 10.4 Å². The van der Waals surface area contributed by atoms with Gasteiger partial charge in [-0.1, -0.05) is 0 Å². The number of hydrogen-bond donors (Lipinski definition) is 0. The summed E-state index contributed by atoms with van der Waals surface area (Å²) >= 11 is -2.71. The summed E-state index contributed by atoms with van der Waals surface area (Å²) in [5, 5.41) is 0. The Hall–Kier alpha value is 0.762. The average molecular weight is 508 g/mol. The van der Waals surface area contributed by atoms with Crippen molar-refractivity contribution in [2.45, 2.75) is 106 Å². The fourth-order valence-electron chi connectivity index (χ4n) is 3.15. The van der Waals surface area contributed by atoms with E-state index in [4.69, 9.17) is 16.9 Å². The van der Waals surface area contributed by atoms with Crippen LogP contribution in [-0.4, -0.2) is 57.0 Å². The molecule has 1 aliphatic rings. The van der Waals surface area contributed by atoms with E-state index >= 15 is 0 Å². The van der Waals surface area contributed by atoms with Gasteiger partial charge < -0.3 is 0 Å². The Bertz CT molecular complexity index is 288. The second-order valence-corrected chi connectivity index (χ2v) is 17.6. The zero-order valence-corrected chi connectivity index (χ0v) is 20.2. The normalized spacial score (nSPS) is 22.4. The third-order valence-electron chi connectivity index (χ3n) is 3.54. The Kier molecular flexibility index (Phi) is 8.79. The molecular formula is C17H35O4Tl. The van der Waals surface area contributed by atoms with Crippen LogP contribution in [0.2, 0.25) is 3.98 Å². The summed E-state index contributed by atoms with van der Waals surface area (Å²) in [6, 6.07) is 0. The molecule has 1 heterocycles. The van der Waals surface area contributed by atoms with Crippen LogP contribution >= 0.6 is 0 Å². The van der Waals surface area contributed by atoms with Gasteiger partial charge in [-0.25, -0.2) is 0 Å². The van der Waals surface area contributed by atoms with Crippen molar-refractivity contribution in [1.82, 2.24) is 0 Å². The third-order valence-corrected chi connectivity index (χ3v) is 16.6. The molecule has 1 fully saturated rings. The minimum atomic E-state index is -2.71. The molecule has 0 amide bonds. The van der Waals surface area contributed by atoms with E-state index in [1.165, 1.54) is 6.42 Å². The Balaban J connectivity index is 3.15. The van der Waals surface area contributed by atoms with Crippen molar-refractivity contribution < 1.29 is 16.9 Å². The van der Waals surface area contributed by atoms with E-state index in [0.29, 0.717) is 0 Å². The van der Waals surface area contributed by atoms with Crippen molar-refractivity contribution in [2.75, 3.05) is 0 Å². The number of ether oxygens (including phenoxy) is 3. The van der Waals surface area contributed by atoms with Crippen molar-refractivity contribution in [3.8, 4) is 0 Å². The minimum absolute atomic E-state index is 0.00327. The fraction of sp³-hybridized carbons (Fsp3) is 1.00. The standard InChI is InChI=1S/C14H28O3.C3H7O.Tl/c1-8-9-13(15-10(2)3)14(16-11(4)5)17-12(6)7;1-3(2)4;/h10-13H,1,8-9H2,2-7H3;3H,1-2H3;/q;-1;+1. The molecule has 0 aromatic heterocycles. The molecule has 22 heavy (non-hydrogen) atoms. The zero-order chi connectivity index (χ0) is 16.9. The van der Waals surface area contributed by atoms with E-state index in [-0.39, 0.29) is 30.5 Å². The Morgan fingerprint density at radius 3 is 1.77 bits per heavy atom. The van der Waals surface area contributed by atoms with Crippen molar-refractivity contribution in [1.29, 1.82) is 0 Å². The molecule has 0 spiro atoms. The third kappa shape index (κ3) is 6.00. The van der Waals surface area contributed by atoms with Gasteiger partial charge in [0.1, 0.15) is 0 Å². The van der Waals surface area contributed by atoms with Gasteiger partial charge in [0.05, 0.1) is 0 Å². The van der Waals surface area contributed by atoms with E-state index < -0.39 is 26.5 Å². The first kappa shape index (κ1) is 20.8. The van der Waals surface area contributed by atoms with Gasteiger partial charge in [-0.05, 0) is 0 Å². The summed E-state index contributed by atoms with van der Waals surface area (Å²) in [7, 11) is 0. The van der Waals surface area contributed by atoms with Gasteiger partial charge in [0.25, 0.3) is 0 Å². The molecule has 0 N–H and O–H groups in total. The molecule has 5 heteroatoms. The molecule has 4 nitrogen and oxygen atoms in total. The second-order valence-electron chi connectivity index (χ2n) is 7.33. The van der Waals surface area contributed by atoms with Crippen LogP contribution in [0, 0.1) is 0 Å². The predicted molar refractivity (Wildman–Crippen MR) is 91.2 cm³/mol. The SMILES string of the molecule is CC(C)OC1CC[CH2][Tl]([O]C(C)C)[C]1(OC(C)C)OC(C)C. The second kappa shape index (κ2) is 9.30. The van der Waals surface area contributed by atoms with Crippen LogP contribution in [-0.2, 0) is 16.9 Å². The van der Waals surface area contributed by atoms with Crippen molar-refractivity contribution in [3.05, 3.63) is 0 Å². The number of hydrogen-bond acceptors (Lipinski definition) is 4. The van der Waals surface area contributed by atoms with Gasteiger partial charge in [0.2, 0.25) is 0 Å². The predicted octanol–water partition coefficient (Wildman–Crippen LogP) is 4.08. The first-order valence-corrected chi connectivity index (χ1v) is 16.1. The molecule has 1 saturated heterocycles. The van der Waals surface area contributed by atoms with Crippen LogP contribution in [0.25, 0.3) is 0 Å². The maximum absolute atomic E-state index is 6.44. The van der Waals surface area contributed by atoms with Crippen LogP contribution in [0.3, 0.4) is 0 Å². The van der Waals surface area contributed by atoms with E-state index in [1.54, 1.807) is 0 Å². The first-order chi connectivity index (χ1) is 10.2. The van der Waals surface area contributed by atoms with Crippen LogP contribution in [0.4, 0.5) is 0 Å². The van der Waals surface area contributed by atoms with E-state index in [1.807, 2.05) is 0 Å². The molecule has 0 bridgehead atoms. The van der Waals surface area contributed by atoms with Crippen molar-refractivity contribution in [3.63, 3.8) is 0 Å². The molecule has 1 rings (SSSR count). The van der Waals surface area contributed by atoms with Crippen LogP contribution in [0.1, 0.15) is 68.2 Å². The molecule has 1 aliphatic heterocycles. The summed E-state index contributed by atoms with van der Waals surface area (Å²) in [6.45, 7) is 16.7. The molecule has 1 unspecified atom stereocenters. The summed E-state index contributed by atoms with van der Waals surface area (Å²) in [5.74, 6) is 0. The molecule has 0 saturated carbocycles. The molecule has 0 radical (unpaired) electrons. The average Bonchev–Trinajstić information content (AvgIpc) is 2.31. The first-order valence-electron chi connectivity index (χ1n) is 8.84. The number of rotatable bonds is 8. The summed E-state index contributed by atoms with van der Waals surface area (Å²) < 4.78 is 26.1. The van der Waals surface area contributed by atoms with Gasteiger partial charge in [-0.2, -0.15) is 0 Å². The van der Waals surface area contributed by atoms with Crippen molar-refractivity contribution in [2.24, 2.45) is 0 Å². The Morgan fingerprint density at radius 1 is 0.818 bits per heavy atom. The van der Waals surface area contributed by atoms with Crippen LogP contribution in [0.5, 0.6) is 0 Å². The maximum atomic E-state index is 6.44. The van der Waals surface area contributed by atoms with Gasteiger partial charge in [-0.15, -0.1) is 0 Å².